The molecular formula is C13H16ClF3N4O. The molecular weight excluding hydrogens is 321 g/mol. The number of aromatic nitrogens is 1. The number of hydrogen-bond acceptors (Lipinski definition) is 4. The third-order valence-corrected chi connectivity index (χ3v) is 3.71. The van der Waals surface area contributed by atoms with E-state index >= 15 is 0 Å². The van der Waals surface area contributed by atoms with Crippen LogP contribution in [0, 0.1) is 0 Å². The van der Waals surface area contributed by atoms with Crippen molar-refractivity contribution in [2.45, 2.75) is 19.1 Å². The zero-order valence-corrected chi connectivity index (χ0v) is 12.7. The fourth-order valence-electron chi connectivity index (χ4n) is 2.25. The topological polar surface area (TPSA) is 62.5 Å². The number of carbonyl (C=O) groups is 1. The second kappa shape index (κ2) is 6.29. The van der Waals surface area contributed by atoms with Gasteiger partial charge in [0.2, 0.25) is 5.91 Å². The van der Waals surface area contributed by atoms with Crippen molar-refractivity contribution < 1.29 is 18.0 Å². The first-order valence-corrected chi connectivity index (χ1v) is 7.10. The van der Waals surface area contributed by atoms with E-state index < -0.39 is 17.8 Å². The normalized spacial score (nSPS) is 17.5. The summed E-state index contributed by atoms with van der Waals surface area (Å²) in [5.41, 5.74) is 4.67. The van der Waals surface area contributed by atoms with E-state index in [-0.39, 0.29) is 10.9 Å². The largest absolute Gasteiger partial charge is 0.417 e. The van der Waals surface area contributed by atoms with Crippen molar-refractivity contribution in [3.63, 3.8) is 0 Å². The van der Waals surface area contributed by atoms with Crippen LogP contribution < -0.4 is 10.6 Å². The fraction of sp³-hybridized carbons (Fsp3) is 0.538. The average Bonchev–Trinajstić information content (AvgIpc) is 2.45. The molecule has 2 rings (SSSR count). The number of carbonyl (C=O) groups excluding carboxylic acids is 1. The summed E-state index contributed by atoms with van der Waals surface area (Å²) in [6.45, 7) is 3.36. The van der Waals surface area contributed by atoms with E-state index in [1.807, 2.05) is 0 Å². The van der Waals surface area contributed by atoms with Crippen molar-refractivity contribution in [1.29, 1.82) is 0 Å². The molecule has 2 heterocycles. The van der Waals surface area contributed by atoms with Gasteiger partial charge in [0, 0.05) is 32.4 Å². The molecule has 0 aliphatic carbocycles. The van der Waals surface area contributed by atoms with Crippen molar-refractivity contribution in [2.24, 2.45) is 5.73 Å². The van der Waals surface area contributed by atoms with Crippen LogP contribution >= 0.6 is 11.6 Å². The quantitative estimate of drug-likeness (QED) is 0.893. The number of anilines is 1. The zero-order valence-electron chi connectivity index (χ0n) is 11.9. The Labute approximate surface area is 130 Å². The van der Waals surface area contributed by atoms with Crippen molar-refractivity contribution in [3.05, 3.63) is 22.8 Å². The van der Waals surface area contributed by atoms with Gasteiger partial charge >= 0.3 is 6.18 Å². The summed E-state index contributed by atoms with van der Waals surface area (Å²) in [5.74, 6) is 0.147. The van der Waals surface area contributed by atoms with Crippen LogP contribution in [0.3, 0.4) is 0 Å². The number of piperazine rings is 1. The van der Waals surface area contributed by atoms with Crippen LogP contribution in [0.1, 0.15) is 12.5 Å². The number of halogens is 4. The molecule has 1 saturated heterocycles. The Hall–Kier alpha value is -1.54. The molecule has 0 saturated carbocycles. The van der Waals surface area contributed by atoms with Crippen LogP contribution in [0.15, 0.2) is 12.3 Å². The summed E-state index contributed by atoms with van der Waals surface area (Å²) < 4.78 is 37.8. The Balaban J connectivity index is 2.07. The SMILES string of the molecule is C[C@@H](N)C(=O)N1CCN(c2ncc(C(F)(F)F)cc2Cl)CC1. The minimum Gasteiger partial charge on any atom is -0.352 e. The van der Waals surface area contributed by atoms with Gasteiger partial charge in [0.15, 0.2) is 0 Å². The van der Waals surface area contributed by atoms with E-state index in [2.05, 4.69) is 4.98 Å². The lowest BCUT2D eigenvalue weighted by molar-refractivity contribution is -0.138. The summed E-state index contributed by atoms with van der Waals surface area (Å²) in [5, 5.41) is -0.0539. The van der Waals surface area contributed by atoms with Gasteiger partial charge in [-0.1, -0.05) is 11.6 Å². The Kier molecular flexibility index (Phi) is 4.81. The molecule has 1 atom stereocenters. The van der Waals surface area contributed by atoms with Crippen LogP contribution in [0.5, 0.6) is 0 Å². The minimum absolute atomic E-state index is 0.0539. The lowest BCUT2D eigenvalue weighted by Gasteiger charge is -2.36. The van der Waals surface area contributed by atoms with Gasteiger partial charge in [-0.05, 0) is 13.0 Å². The van der Waals surface area contributed by atoms with Gasteiger partial charge in [0.25, 0.3) is 0 Å². The van der Waals surface area contributed by atoms with Crippen LogP contribution in [0.2, 0.25) is 5.02 Å². The highest BCUT2D eigenvalue weighted by Crippen LogP contribution is 2.33. The first-order valence-electron chi connectivity index (χ1n) is 6.72. The summed E-state index contributed by atoms with van der Waals surface area (Å²) >= 11 is 5.91. The van der Waals surface area contributed by atoms with Gasteiger partial charge in [-0.25, -0.2) is 4.98 Å². The fourth-order valence-corrected chi connectivity index (χ4v) is 2.53. The zero-order chi connectivity index (χ0) is 16.5. The third kappa shape index (κ3) is 3.61. The highest BCUT2D eigenvalue weighted by atomic mass is 35.5. The molecule has 0 unspecified atom stereocenters. The van der Waals surface area contributed by atoms with Gasteiger partial charge in [-0.2, -0.15) is 13.2 Å². The molecule has 1 aliphatic rings. The average molecular weight is 337 g/mol. The number of pyridine rings is 1. The van der Waals surface area contributed by atoms with Crippen molar-refractivity contribution in [3.8, 4) is 0 Å². The number of hydrogen-bond donors (Lipinski definition) is 1. The van der Waals surface area contributed by atoms with Crippen LogP contribution in [0.4, 0.5) is 19.0 Å². The third-order valence-electron chi connectivity index (χ3n) is 3.43. The van der Waals surface area contributed by atoms with Crippen LogP contribution in [-0.2, 0) is 11.0 Å². The Morgan fingerprint density at radius 3 is 2.41 bits per heavy atom. The molecule has 5 nitrogen and oxygen atoms in total. The summed E-state index contributed by atoms with van der Waals surface area (Å²) in [7, 11) is 0. The summed E-state index contributed by atoms with van der Waals surface area (Å²) in [6, 6.07) is 0.294. The molecule has 1 amide bonds. The van der Waals surface area contributed by atoms with Crippen molar-refractivity contribution >= 4 is 23.3 Å². The maximum absolute atomic E-state index is 12.6. The molecule has 1 aliphatic heterocycles. The smallest absolute Gasteiger partial charge is 0.352 e. The number of nitrogens with zero attached hydrogens (tertiary/aromatic N) is 3. The van der Waals surface area contributed by atoms with Crippen molar-refractivity contribution in [2.75, 3.05) is 31.1 Å². The Bertz CT molecular complexity index is 557. The van der Waals surface area contributed by atoms with Gasteiger partial charge in [-0.15, -0.1) is 0 Å². The number of nitrogens with two attached hydrogens (primary N) is 1. The molecule has 122 valence electrons. The molecule has 2 N–H and O–H groups in total. The lowest BCUT2D eigenvalue weighted by atomic mass is 10.2. The van der Waals surface area contributed by atoms with E-state index in [0.717, 1.165) is 12.3 Å². The Morgan fingerprint density at radius 1 is 1.36 bits per heavy atom. The highest BCUT2D eigenvalue weighted by Gasteiger charge is 2.32. The molecule has 22 heavy (non-hydrogen) atoms. The molecule has 0 aromatic carbocycles. The lowest BCUT2D eigenvalue weighted by Crippen LogP contribution is -2.52. The summed E-state index contributed by atoms with van der Waals surface area (Å²) in [4.78, 5) is 19.0. The molecule has 1 aromatic rings. The van der Waals surface area contributed by atoms with Crippen LogP contribution in [-0.4, -0.2) is 48.0 Å². The standard InChI is InChI=1S/C13H16ClF3N4O/c1-8(18)12(22)21-4-2-20(3-5-21)11-10(14)6-9(7-19-11)13(15,16)17/h6-8H,2-5,18H2,1H3/t8-/m1/s1. The maximum atomic E-state index is 12.6. The van der Waals surface area contributed by atoms with E-state index in [9.17, 15) is 18.0 Å². The molecule has 1 fully saturated rings. The predicted octanol–water partition coefficient (Wildman–Crippen LogP) is 1.75. The highest BCUT2D eigenvalue weighted by molar-refractivity contribution is 6.33. The molecule has 0 bridgehead atoms. The van der Waals surface area contributed by atoms with E-state index in [1.54, 1.807) is 16.7 Å². The van der Waals surface area contributed by atoms with Gasteiger partial charge in [-0.3, -0.25) is 4.79 Å². The summed E-state index contributed by atoms with van der Waals surface area (Å²) in [6.07, 6.45) is -3.71. The van der Waals surface area contributed by atoms with Gasteiger partial charge in [0.05, 0.1) is 16.6 Å². The van der Waals surface area contributed by atoms with Gasteiger partial charge in [0.1, 0.15) is 5.82 Å². The van der Waals surface area contributed by atoms with Gasteiger partial charge < -0.3 is 15.5 Å². The van der Waals surface area contributed by atoms with Crippen molar-refractivity contribution in [1.82, 2.24) is 9.88 Å². The number of alkyl halides is 3. The molecule has 0 radical (unpaired) electrons. The second-order valence-electron chi connectivity index (χ2n) is 5.13. The molecule has 0 spiro atoms. The van der Waals surface area contributed by atoms with E-state index in [0.29, 0.717) is 32.0 Å². The monoisotopic (exact) mass is 336 g/mol. The van der Waals surface area contributed by atoms with Crippen LogP contribution in [0.25, 0.3) is 0 Å². The molecule has 9 heteroatoms. The Morgan fingerprint density at radius 2 is 1.95 bits per heavy atom. The second-order valence-corrected chi connectivity index (χ2v) is 5.54. The number of rotatable bonds is 2. The van der Waals surface area contributed by atoms with E-state index in [1.165, 1.54) is 0 Å². The minimum atomic E-state index is -4.47. The predicted molar refractivity (Wildman–Crippen MR) is 76.7 cm³/mol. The van der Waals surface area contributed by atoms with E-state index in [4.69, 9.17) is 17.3 Å². The maximum Gasteiger partial charge on any atom is 0.417 e. The first-order chi connectivity index (χ1) is 10.2. The first kappa shape index (κ1) is 16.8. The molecule has 1 aromatic heterocycles. The number of amides is 1.